The minimum atomic E-state index is -0.234. The number of nitrogens with zero attached hydrogens (tertiary/aromatic N) is 1. The van der Waals surface area contributed by atoms with Crippen LogP contribution in [0, 0.1) is 0 Å². The Morgan fingerprint density at radius 3 is 2.33 bits per heavy atom. The highest BCUT2D eigenvalue weighted by molar-refractivity contribution is 4.73. The first-order chi connectivity index (χ1) is 5.58. The van der Waals surface area contributed by atoms with Crippen molar-refractivity contribution in [3.05, 3.63) is 0 Å². The van der Waals surface area contributed by atoms with Crippen LogP contribution < -0.4 is 0 Å². The van der Waals surface area contributed by atoms with E-state index < -0.39 is 0 Å². The van der Waals surface area contributed by atoms with E-state index in [0.717, 1.165) is 19.6 Å². The third kappa shape index (κ3) is 3.09. The van der Waals surface area contributed by atoms with Crippen LogP contribution in [0.2, 0.25) is 0 Å². The quantitative estimate of drug-likeness (QED) is 0.659. The van der Waals surface area contributed by atoms with Gasteiger partial charge >= 0.3 is 0 Å². The van der Waals surface area contributed by atoms with Gasteiger partial charge in [0.05, 0.1) is 18.3 Å². The fourth-order valence-corrected chi connectivity index (χ4v) is 1.81. The lowest BCUT2D eigenvalue weighted by Gasteiger charge is -2.35. The van der Waals surface area contributed by atoms with E-state index in [1.165, 1.54) is 0 Å². The summed E-state index contributed by atoms with van der Waals surface area (Å²) in [6.07, 6.45) is 0.363. The fraction of sp³-hybridized carbons (Fsp3) is 1.00. The van der Waals surface area contributed by atoms with E-state index in [1.54, 1.807) is 0 Å². The molecule has 72 valence electrons. The van der Waals surface area contributed by atoms with Gasteiger partial charge < -0.3 is 9.84 Å². The molecule has 12 heavy (non-hydrogen) atoms. The molecule has 1 aliphatic rings. The van der Waals surface area contributed by atoms with Crippen molar-refractivity contribution in [2.75, 3.05) is 19.6 Å². The molecule has 0 amide bonds. The molecule has 0 saturated carbocycles. The largest absolute Gasteiger partial charge is 0.392 e. The van der Waals surface area contributed by atoms with E-state index in [1.807, 2.05) is 6.92 Å². The summed E-state index contributed by atoms with van der Waals surface area (Å²) in [4.78, 5) is 2.25. The molecule has 3 heteroatoms. The normalized spacial score (nSPS) is 35.0. The molecular weight excluding hydrogens is 154 g/mol. The molecule has 1 heterocycles. The zero-order chi connectivity index (χ0) is 9.14. The zero-order valence-electron chi connectivity index (χ0n) is 8.16. The molecule has 2 unspecified atom stereocenters. The molecule has 1 rings (SSSR count). The minimum absolute atomic E-state index is 0.234. The van der Waals surface area contributed by atoms with E-state index >= 15 is 0 Å². The number of ether oxygens (including phenoxy) is 1. The van der Waals surface area contributed by atoms with Gasteiger partial charge in [-0.3, -0.25) is 4.90 Å². The number of rotatable bonds is 2. The van der Waals surface area contributed by atoms with Gasteiger partial charge in [0.15, 0.2) is 0 Å². The number of morpholine rings is 1. The van der Waals surface area contributed by atoms with Crippen molar-refractivity contribution < 1.29 is 9.84 Å². The number of β-amino-alcohol motifs (C(OH)–C–C–N with tert-alkyl or cyclic N) is 1. The van der Waals surface area contributed by atoms with Gasteiger partial charge in [-0.2, -0.15) is 0 Å². The molecule has 0 spiro atoms. The standard InChI is InChI=1S/C9H19NO2/c1-7(11)4-10-5-8(2)12-9(3)6-10/h7-9,11H,4-6H2,1-3H3/t7-,8?,9?/m1/s1. The summed E-state index contributed by atoms with van der Waals surface area (Å²) >= 11 is 0. The Labute approximate surface area is 74.3 Å². The third-order valence-corrected chi connectivity index (χ3v) is 2.02. The van der Waals surface area contributed by atoms with Crippen molar-refractivity contribution in [2.24, 2.45) is 0 Å². The van der Waals surface area contributed by atoms with Crippen LogP contribution in [0.15, 0.2) is 0 Å². The maximum absolute atomic E-state index is 9.19. The van der Waals surface area contributed by atoms with Crippen LogP contribution in [0.25, 0.3) is 0 Å². The van der Waals surface area contributed by atoms with Gasteiger partial charge in [-0.25, -0.2) is 0 Å². The first-order valence-corrected chi connectivity index (χ1v) is 4.64. The Morgan fingerprint density at radius 2 is 1.92 bits per heavy atom. The van der Waals surface area contributed by atoms with E-state index in [9.17, 15) is 5.11 Å². The summed E-state index contributed by atoms with van der Waals surface area (Å²) in [5.74, 6) is 0. The molecule has 3 atom stereocenters. The van der Waals surface area contributed by atoms with Crippen LogP contribution in [0.3, 0.4) is 0 Å². The van der Waals surface area contributed by atoms with Gasteiger partial charge in [-0.1, -0.05) is 0 Å². The van der Waals surface area contributed by atoms with Gasteiger partial charge in [0.1, 0.15) is 0 Å². The predicted octanol–water partition coefficient (Wildman–Crippen LogP) is 0.476. The van der Waals surface area contributed by atoms with Crippen molar-refractivity contribution in [3.63, 3.8) is 0 Å². The highest BCUT2D eigenvalue weighted by Crippen LogP contribution is 2.10. The minimum Gasteiger partial charge on any atom is -0.392 e. The van der Waals surface area contributed by atoms with Crippen molar-refractivity contribution in [3.8, 4) is 0 Å². The van der Waals surface area contributed by atoms with Crippen LogP contribution in [0.4, 0.5) is 0 Å². The average molecular weight is 173 g/mol. The first kappa shape index (κ1) is 9.96. The number of aliphatic hydroxyl groups excluding tert-OH is 1. The lowest BCUT2D eigenvalue weighted by molar-refractivity contribution is -0.0752. The molecule has 0 aromatic rings. The molecule has 1 fully saturated rings. The summed E-state index contributed by atoms with van der Waals surface area (Å²) < 4.78 is 5.57. The first-order valence-electron chi connectivity index (χ1n) is 4.64. The highest BCUT2D eigenvalue weighted by Gasteiger charge is 2.22. The maximum Gasteiger partial charge on any atom is 0.0678 e. The Morgan fingerprint density at radius 1 is 1.42 bits per heavy atom. The van der Waals surface area contributed by atoms with Gasteiger partial charge in [-0.15, -0.1) is 0 Å². The molecular formula is C9H19NO2. The lowest BCUT2D eigenvalue weighted by Crippen LogP contribution is -2.47. The Bertz CT molecular complexity index is 126. The molecule has 1 saturated heterocycles. The molecule has 0 bridgehead atoms. The third-order valence-electron chi connectivity index (χ3n) is 2.02. The van der Waals surface area contributed by atoms with Crippen molar-refractivity contribution in [1.29, 1.82) is 0 Å². The fourth-order valence-electron chi connectivity index (χ4n) is 1.81. The van der Waals surface area contributed by atoms with Gasteiger partial charge in [0, 0.05) is 19.6 Å². The molecule has 0 radical (unpaired) electrons. The Hall–Kier alpha value is -0.120. The average Bonchev–Trinajstić information content (AvgIpc) is 1.81. The molecule has 1 N–H and O–H groups in total. The van der Waals surface area contributed by atoms with Gasteiger partial charge in [0.25, 0.3) is 0 Å². The van der Waals surface area contributed by atoms with E-state index in [0.29, 0.717) is 12.2 Å². The zero-order valence-corrected chi connectivity index (χ0v) is 8.16. The van der Waals surface area contributed by atoms with Crippen LogP contribution >= 0.6 is 0 Å². The monoisotopic (exact) mass is 173 g/mol. The summed E-state index contributed by atoms with van der Waals surface area (Å²) in [6.45, 7) is 8.61. The smallest absolute Gasteiger partial charge is 0.0678 e. The molecule has 3 nitrogen and oxygen atoms in total. The topological polar surface area (TPSA) is 32.7 Å². The maximum atomic E-state index is 9.19. The predicted molar refractivity (Wildman–Crippen MR) is 48.1 cm³/mol. The van der Waals surface area contributed by atoms with Crippen LogP contribution in [0.1, 0.15) is 20.8 Å². The molecule has 1 aliphatic heterocycles. The van der Waals surface area contributed by atoms with Crippen molar-refractivity contribution in [1.82, 2.24) is 4.90 Å². The van der Waals surface area contributed by atoms with Gasteiger partial charge in [-0.05, 0) is 20.8 Å². The number of hydrogen-bond acceptors (Lipinski definition) is 3. The second-order valence-corrected chi connectivity index (χ2v) is 3.82. The summed E-state index contributed by atoms with van der Waals surface area (Å²) in [7, 11) is 0. The van der Waals surface area contributed by atoms with E-state index in [2.05, 4.69) is 18.7 Å². The lowest BCUT2D eigenvalue weighted by atomic mass is 10.2. The second-order valence-electron chi connectivity index (χ2n) is 3.82. The van der Waals surface area contributed by atoms with Crippen molar-refractivity contribution >= 4 is 0 Å². The highest BCUT2D eigenvalue weighted by atomic mass is 16.5. The number of hydrogen-bond donors (Lipinski definition) is 1. The molecule has 0 aliphatic carbocycles. The molecule has 0 aromatic heterocycles. The summed E-state index contributed by atoms with van der Waals surface area (Å²) in [5.41, 5.74) is 0. The van der Waals surface area contributed by atoms with Crippen LogP contribution in [-0.4, -0.2) is 48.0 Å². The summed E-state index contributed by atoms with van der Waals surface area (Å²) in [6, 6.07) is 0. The Balaban J connectivity index is 2.34. The van der Waals surface area contributed by atoms with E-state index in [4.69, 9.17) is 4.74 Å². The number of aliphatic hydroxyl groups is 1. The van der Waals surface area contributed by atoms with Crippen molar-refractivity contribution in [2.45, 2.75) is 39.1 Å². The second kappa shape index (κ2) is 4.21. The van der Waals surface area contributed by atoms with Crippen LogP contribution in [-0.2, 0) is 4.74 Å². The Kier molecular flexibility index (Phi) is 3.50. The summed E-state index contributed by atoms with van der Waals surface area (Å²) in [5, 5.41) is 9.19. The molecule has 0 aromatic carbocycles. The van der Waals surface area contributed by atoms with Gasteiger partial charge in [0.2, 0.25) is 0 Å². The van der Waals surface area contributed by atoms with Crippen LogP contribution in [0.5, 0.6) is 0 Å². The van der Waals surface area contributed by atoms with E-state index in [-0.39, 0.29) is 6.10 Å². The SMILES string of the molecule is CC1CN(C[C@@H](C)O)CC(C)O1.